The van der Waals surface area contributed by atoms with Crippen molar-refractivity contribution in [1.82, 2.24) is 15.1 Å². The van der Waals surface area contributed by atoms with Crippen LogP contribution < -0.4 is 10.1 Å². The van der Waals surface area contributed by atoms with Crippen LogP contribution in [0.25, 0.3) is 0 Å². The molecule has 0 radical (unpaired) electrons. The van der Waals surface area contributed by atoms with E-state index < -0.39 is 0 Å². The number of ether oxygens (including phenoxy) is 1. The Bertz CT molecular complexity index is 667. The second kappa shape index (κ2) is 8.17. The van der Waals surface area contributed by atoms with Crippen LogP contribution in [0.3, 0.4) is 0 Å². The molecule has 1 amide bonds. The molecule has 2 N–H and O–H groups in total. The van der Waals surface area contributed by atoms with Crippen LogP contribution in [0.4, 0.5) is 0 Å². The van der Waals surface area contributed by atoms with Gasteiger partial charge in [0.25, 0.3) is 0 Å². The van der Waals surface area contributed by atoms with Gasteiger partial charge in [-0.15, -0.1) is 0 Å². The van der Waals surface area contributed by atoms with Crippen molar-refractivity contribution in [2.45, 2.75) is 37.8 Å². The van der Waals surface area contributed by atoms with Gasteiger partial charge < -0.3 is 25.0 Å². The number of aliphatic hydroxyl groups excluding tert-OH is 1. The Kier molecular flexibility index (Phi) is 5.66. The highest BCUT2D eigenvalue weighted by molar-refractivity contribution is 5.76. The summed E-state index contributed by atoms with van der Waals surface area (Å²) in [6.45, 7) is 5.77. The monoisotopic (exact) mass is 373 g/mol. The summed E-state index contributed by atoms with van der Waals surface area (Å²) in [5.74, 6) is 1.39. The lowest BCUT2D eigenvalue weighted by Gasteiger charge is -2.38. The fraction of sp³-hybridized carbons (Fsp3) is 0.667. The number of nitrogens with one attached hydrogen (secondary N) is 1. The largest absolute Gasteiger partial charge is 0.493 e. The Hall–Kier alpha value is -1.63. The fourth-order valence-electron chi connectivity index (χ4n) is 4.35. The van der Waals surface area contributed by atoms with Gasteiger partial charge in [0.1, 0.15) is 5.75 Å². The minimum absolute atomic E-state index is 0.0145. The number of hydrogen-bond acceptors (Lipinski definition) is 5. The van der Waals surface area contributed by atoms with E-state index in [0.29, 0.717) is 12.3 Å². The Labute approximate surface area is 161 Å². The first-order valence-corrected chi connectivity index (χ1v) is 10.2. The van der Waals surface area contributed by atoms with E-state index >= 15 is 0 Å². The van der Waals surface area contributed by atoms with E-state index in [4.69, 9.17) is 4.74 Å². The third kappa shape index (κ3) is 4.45. The van der Waals surface area contributed by atoms with Gasteiger partial charge in [-0.3, -0.25) is 4.79 Å². The average Bonchev–Trinajstić information content (AvgIpc) is 3.11. The topological polar surface area (TPSA) is 65.0 Å². The lowest BCUT2D eigenvalue weighted by molar-refractivity contribution is -0.123. The van der Waals surface area contributed by atoms with Gasteiger partial charge in [-0.05, 0) is 49.1 Å². The van der Waals surface area contributed by atoms with Gasteiger partial charge in [0.05, 0.1) is 18.8 Å². The molecule has 0 spiro atoms. The fourth-order valence-corrected chi connectivity index (χ4v) is 4.35. The van der Waals surface area contributed by atoms with Crippen LogP contribution in [0.2, 0.25) is 0 Å². The smallest absolute Gasteiger partial charge is 0.221 e. The minimum Gasteiger partial charge on any atom is -0.493 e. The zero-order chi connectivity index (χ0) is 18.8. The number of nitrogens with zero attached hydrogens (tertiary/aromatic N) is 2. The Morgan fingerprint density at radius 1 is 1.30 bits per heavy atom. The van der Waals surface area contributed by atoms with E-state index in [9.17, 15) is 9.90 Å². The van der Waals surface area contributed by atoms with Crippen molar-refractivity contribution in [3.05, 3.63) is 29.3 Å². The number of aliphatic hydroxyl groups is 1. The van der Waals surface area contributed by atoms with Crippen molar-refractivity contribution in [3.63, 3.8) is 0 Å². The maximum absolute atomic E-state index is 12.7. The molecular formula is C21H31N3O3. The predicted octanol–water partition coefficient (Wildman–Crippen LogP) is 1.19. The molecule has 2 fully saturated rings. The number of carbonyl (C=O) groups is 1. The zero-order valence-corrected chi connectivity index (χ0v) is 16.2. The summed E-state index contributed by atoms with van der Waals surface area (Å²) in [7, 11) is 2.14. The number of piperazine rings is 1. The Balaban J connectivity index is 1.37. The van der Waals surface area contributed by atoms with Crippen molar-refractivity contribution in [2.75, 3.05) is 46.4 Å². The van der Waals surface area contributed by atoms with Gasteiger partial charge in [0.15, 0.2) is 0 Å². The van der Waals surface area contributed by atoms with Crippen LogP contribution in [-0.4, -0.2) is 73.3 Å². The molecule has 27 heavy (non-hydrogen) atoms. The van der Waals surface area contributed by atoms with Crippen molar-refractivity contribution >= 4 is 5.91 Å². The van der Waals surface area contributed by atoms with Crippen LogP contribution in [-0.2, 0) is 11.2 Å². The van der Waals surface area contributed by atoms with Crippen LogP contribution in [0.5, 0.6) is 5.75 Å². The average molecular weight is 373 g/mol. The third-order valence-electron chi connectivity index (χ3n) is 6.26. The maximum atomic E-state index is 12.7. The molecule has 0 aromatic heterocycles. The summed E-state index contributed by atoms with van der Waals surface area (Å²) in [5.41, 5.74) is 2.37. The number of likely N-dealkylation sites (N-methyl/N-ethyl adjacent to an activating group) is 1. The number of benzene rings is 1. The first-order valence-electron chi connectivity index (χ1n) is 10.2. The molecule has 0 unspecified atom stereocenters. The van der Waals surface area contributed by atoms with Crippen LogP contribution in [0, 0.1) is 5.92 Å². The molecule has 2 heterocycles. The lowest BCUT2D eigenvalue weighted by Crippen LogP contribution is -2.46. The molecule has 6 heteroatoms. The summed E-state index contributed by atoms with van der Waals surface area (Å²) in [5, 5.41) is 13.0. The van der Waals surface area contributed by atoms with Gasteiger partial charge >= 0.3 is 0 Å². The second-order valence-corrected chi connectivity index (χ2v) is 8.29. The normalized spacial score (nSPS) is 26.7. The molecule has 4 rings (SSSR count). The minimum atomic E-state index is -0.225. The molecule has 1 saturated carbocycles. The molecule has 1 aromatic carbocycles. The van der Waals surface area contributed by atoms with Crippen molar-refractivity contribution in [3.8, 4) is 5.75 Å². The summed E-state index contributed by atoms with van der Waals surface area (Å²) in [6.07, 6.45) is 2.76. The summed E-state index contributed by atoms with van der Waals surface area (Å²) in [4.78, 5) is 17.4. The standard InChI is InChI=1S/C21H31N3O3/c1-23-7-9-24(10-8-23)6-4-20(26)22-21(17-13-18(25)14-17)16-2-3-19-15(12-16)5-11-27-19/h2-3,12,17-18,21,25H,4-11,13-14H2,1H3,(H,22,26)/t17?,18?,21-/m0/s1. The molecular weight excluding hydrogens is 342 g/mol. The highest BCUT2D eigenvalue weighted by atomic mass is 16.5. The van der Waals surface area contributed by atoms with Crippen LogP contribution in [0.1, 0.15) is 36.4 Å². The van der Waals surface area contributed by atoms with Crippen molar-refractivity contribution in [2.24, 2.45) is 5.92 Å². The van der Waals surface area contributed by atoms with Gasteiger partial charge in [0.2, 0.25) is 5.91 Å². The lowest BCUT2D eigenvalue weighted by atomic mass is 9.75. The Morgan fingerprint density at radius 2 is 2.07 bits per heavy atom. The molecule has 6 nitrogen and oxygen atoms in total. The summed E-state index contributed by atoms with van der Waals surface area (Å²) >= 11 is 0. The third-order valence-corrected chi connectivity index (χ3v) is 6.26. The number of carbonyl (C=O) groups excluding carboxylic acids is 1. The van der Waals surface area contributed by atoms with Gasteiger partial charge in [-0.25, -0.2) is 0 Å². The van der Waals surface area contributed by atoms with Crippen molar-refractivity contribution in [1.29, 1.82) is 0 Å². The summed E-state index contributed by atoms with van der Waals surface area (Å²) in [6, 6.07) is 6.26. The quantitative estimate of drug-likeness (QED) is 0.784. The molecule has 1 aliphatic carbocycles. The molecule has 2 aliphatic heterocycles. The first kappa shape index (κ1) is 18.7. The van der Waals surface area contributed by atoms with Crippen molar-refractivity contribution < 1.29 is 14.6 Å². The molecule has 1 saturated heterocycles. The van der Waals surface area contributed by atoms with E-state index in [0.717, 1.165) is 69.9 Å². The zero-order valence-electron chi connectivity index (χ0n) is 16.2. The molecule has 148 valence electrons. The van der Waals surface area contributed by atoms with Crippen LogP contribution >= 0.6 is 0 Å². The first-order chi connectivity index (χ1) is 13.1. The van der Waals surface area contributed by atoms with Gasteiger partial charge in [-0.1, -0.05) is 6.07 Å². The van der Waals surface area contributed by atoms with E-state index in [1.54, 1.807) is 0 Å². The predicted molar refractivity (Wildman–Crippen MR) is 104 cm³/mol. The van der Waals surface area contributed by atoms with E-state index in [1.807, 2.05) is 6.07 Å². The van der Waals surface area contributed by atoms with E-state index in [-0.39, 0.29) is 18.1 Å². The number of amides is 1. The molecule has 1 atom stereocenters. The highest BCUT2D eigenvalue weighted by Gasteiger charge is 2.36. The summed E-state index contributed by atoms with van der Waals surface area (Å²) < 4.78 is 5.61. The SMILES string of the molecule is CN1CCN(CCC(=O)N[C@@H](c2ccc3c(c2)CCO3)C2CC(O)C2)CC1. The van der Waals surface area contributed by atoms with Gasteiger partial charge in [-0.2, -0.15) is 0 Å². The molecule has 0 bridgehead atoms. The molecule has 1 aromatic rings. The maximum Gasteiger partial charge on any atom is 0.221 e. The van der Waals surface area contributed by atoms with Crippen LogP contribution in [0.15, 0.2) is 18.2 Å². The van der Waals surface area contributed by atoms with Gasteiger partial charge in [0, 0.05) is 45.6 Å². The van der Waals surface area contributed by atoms with E-state index in [1.165, 1.54) is 5.56 Å². The number of fused-ring (bicyclic) bond motifs is 1. The highest BCUT2D eigenvalue weighted by Crippen LogP contribution is 2.39. The second-order valence-electron chi connectivity index (χ2n) is 8.29. The van der Waals surface area contributed by atoms with E-state index in [2.05, 4.69) is 34.3 Å². The Morgan fingerprint density at radius 3 is 2.81 bits per heavy atom. The molecule has 3 aliphatic rings. The number of rotatable bonds is 6. The number of hydrogen-bond donors (Lipinski definition) is 2.